The van der Waals surface area contributed by atoms with Gasteiger partial charge in [-0.1, -0.05) is 30.3 Å². The summed E-state index contributed by atoms with van der Waals surface area (Å²) in [5.74, 6) is -0.142. The number of carbonyl (C=O) groups excluding carboxylic acids is 1. The quantitative estimate of drug-likeness (QED) is 0.847. The molecule has 2 N–H and O–H groups in total. The number of nitrogens with zero attached hydrogens (tertiary/aromatic N) is 2. The molecule has 0 saturated carbocycles. The third kappa shape index (κ3) is 5.22. The third-order valence-corrected chi connectivity index (χ3v) is 4.60. The van der Waals surface area contributed by atoms with Gasteiger partial charge < -0.3 is 15.4 Å². The smallest absolute Gasteiger partial charge is 0.433 e. The first kappa shape index (κ1) is 20.1. The summed E-state index contributed by atoms with van der Waals surface area (Å²) in [6.07, 6.45) is -3.34. The second-order valence-electron chi connectivity index (χ2n) is 6.78. The SMILES string of the molecule is NCc1cc(OC2CCCN(C(=O)Cc3ccccc3)C2)nc(C(F)(F)F)c1. The highest BCUT2D eigenvalue weighted by Gasteiger charge is 2.34. The third-order valence-electron chi connectivity index (χ3n) is 4.60. The van der Waals surface area contributed by atoms with Crippen LogP contribution >= 0.6 is 0 Å². The van der Waals surface area contributed by atoms with Gasteiger partial charge in [-0.25, -0.2) is 4.98 Å². The Balaban J connectivity index is 1.67. The summed E-state index contributed by atoms with van der Waals surface area (Å²) < 4.78 is 44.8. The number of amides is 1. The lowest BCUT2D eigenvalue weighted by Crippen LogP contribution is -2.45. The molecule has 1 aliphatic rings. The maximum absolute atomic E-state index is 13.0. The molecule has 1 atom stereocenters. The molecule has 1 aromatic heterocycles. The lowest BCUT2D eigenvalue weighted by atomic mass is 10.1. The molecule has 0 spiro atoms. The van der Waals surface area contributed by atoms with Gasteiger partial charge in [0.05, 0.1) is 13.0 Å². The van der Waals surface area contributed by atoms with Crippen molar-refractivity contribution >= 4 is 5.91 Å². The van der Waals surface area contributed by atoms with E-state index in [1.54, 1.807) is 4.90 Å². The van der Waals surface area contributed by atoms with E-state index in [-0.39, 0.29) is 24.8 Å². The van der Waals surface area contributed by atoms with E-state index < -0.39 is 18.0 Å². The zero-order chi connectivity index (χ0) is 20.1. The largest absolute Gasteiger partial charge is 0.472 e. The van der Waals surface area contributed by atoms with Crippen LogP contribution in [0.1, 0.15) is 29.7 Å². The molecule has 1 saturated heterocycles. The van der Waals surface area contributed by atoms with Crippen LogP contribution in [0.3, 0.4) is 0 Å². The summed E-state index contributed by atoms with van der Waals surface area (Å²) in [5.41, 5.74) is 5.68. The molecule has 3 rings (SSSR count). The maximum atomic E-state index is 13.0. The van der Waals surface area contributed by atoms with Gasteiger partial charge in [0.15, 0.2) is 0 Å². The van der Waals surface area contributed by atoms with E-state index in [0.29, 0.717) is 31.5 Å². The summed E-state index contributed by atoms with van der Waals surface area (Å²) in [6.45, 7) is 0.880. The van der Waals surface area contributed by atoms with Crippen LogP contribution < -0.4 is 10.5 Å². The van der Waals surface area contributed by atoms with Crippen molar-refractivity contribution in [1.82, 2.24) is 9.88 Å². The van der Waals surface area contributed by atoms with Crippen LogP contribution in [-0.2, 0) is 23.9 Å². The molecule has 2 aromatic rings. The first-order valence-electron chi connectivity index (χ1n) is 9.11. The van der Waals surface area contributed by atoms with E-state index in [9.17, 15) is 18.0 Å². The summed E-state index contributed by atoms with van der Waals surface area (Å²) in [6, 6.07) is 11.7. The van der Waals surface area contributed by atoms with Crippen LogP contribution in [0, 0.1) is 0 Å². The molecule has 28 heavy (non-hydrogen) atoms. The monoisotopic (exact) mass is 393 g/mol. The van der Waals surface area contributed by atoms with Crippen molar-refractivity contribution in [2.45, 2.75) is 38.1 Å². The highest BCUT2D eigenvalue weighted by molar-refractivity contribution is 5.78. The van der Waals surface area contributed by atoms with E-state index in [0.717, 1.165) is 11.6 Å². The zero-order valence-electron chi connectivity index (χ0n) is 15.3. The summed E-state index contributed by atoms with van der Waals surface area (Å²) in [4.78, 5) is 17.8. The Hall–Kier alpha value is -2.61. The minimum absolute atomic E-state index is 0.0286. The zero-order valence-corrected chi connectivity index (χ0v) is 15.3. The van der Waals surface area contributed by atoms with Gasteiger partial charge in [-0.15, -0.1) is 0 Å². The van der Waals surface area contributed by atoms with E-state index >= 15 is 0 Å². The number of halogens is 3. The Kier molecular flexibility index (Phi) is 6.18. The van der Waals surface area contributed by atoms with Crippen LogP contribution in [-0.4, -0.2) is 35.0 Å². The molecule has 1 aliphatic heterocycles. The Bertz CT molecular complexity index is 812. The molecule has 0 bridgehead atoms. The second-order valence-corrected chi connectivity index (χ2v) is 6.78. The Morgan fingerprint density at radius 2 is 1.96 bits per heavy atom. The number of hydrogen-bond donors (Lipinski definition) is 1. The summed E-state index contributed by atoms with van der Waals surface area (Å²) >= 11 is 0. The number of hydrogen-bond acceptors (Lipinski definition) is 4. The number of piperidine rings is 1. The van der Waals surface area contributed by atoms with Gasteiger partial charge in [0.2, 0.25) is 11.8 Å². The average molecular weight is 393 g/mol. The van der Waals surface area contributed by atoms with E-state index in [2.05, 4.69) is 4.98 Å². The lowest BCUT2D eigenvalue weighted by molar-refractivity contribution is -0.141. The molecule has 8 heteroatoms. The fourth-order valence-electron chi connectivity index (χ4n) is 3.20. The van der Waals surface area contributed by atoms with Gasteiger partial charge in [0.1, 0.15) is 11.8 Å². The van der Waals surface area contributed by atoms with Crippen LogP contribution in [0.4, 0.5) is 13.2 Å². The van der Waals surface area contributed by atoms with Crippen molar-refractivity contribution in [2.75, 3.05) is 13.1 Å². The highest BCUT2D eigenvalue weighted by Crippen LogP contribution is 2.30. The van der Waals surface area contributed by atoms with Gasteiger partial charge in [-0.3, -0.25) is 4.79 Å². The molecular weight excluding hydrogens is 371 g/mol. The van der Waals surface area contributed by atoms with Crippen molar-refractivity contribution in [2.24, 2.45) is 5.73 Å². The fourth-order valence-corrected chi connectivity index (χ4v) is 3.20. The van der Waals surface area contributed by atoms with Gasteiger partial charge in [0.25, 0.3) is 0 Å². The Morgan fingerprint density at radius 3 is 2.64 bits per heavy atom. The number of benzene rings is 1. The van der Waals surface area contributed by atoms with E-state index in [1.165, 1.54) is 6.07 Å². The molecular formula is C20H22F3N3O2. The molecule has 1 amide bonds. The minimum atomic E-state index is -4.58. The normalized spacial score (nSPS) is 17.4. The van der Waals surface area contributed by atoms with E-state index in [4.69, 9.17) is 10.5 Å². The van der Waals surface area contributed by atoms with E-state index in [1.807, 2.05) is 30.3 Å². The number of ether oxygens (including phenoxy) is 1. The van der Waals surface area contributed by atoms with Crippen LogP contribution in [0.15, 0.2) is 42.5 Å². The highest BCUT2D eigenvalue weighted by atomic mass is 19.4. The van der Waals surface area contributed by atoms with Crippen LogP contribution in [0.2, 0.25) is 0 Å². The van der Waals surface area contributed by atoms with Crippen molar-refractivity contribution in [3.63, 3.8) is 0 Å². The molecule has 2 heterocycles. The average Bonchev–Trinajstić information content (AvgIpc) is 2.68. The fraction of sp³-hybridized carbons (Fsp3) is 0.400. The minimum Gasteiger partial charge on any atom is -0.472 e. The predicted molar refractivity (Wildman–Crippen MR) is 97.5 cm³/mol. The van der Waals surface area contributed by atoms with Crippen LogP contribution in [0.25, 0.3) is 0 Å². The number of rotatable bonds is 5. The molecule has 1 aromatic carbocycles. The lowest BCUT2D eigenvalue weighted by Gasteiger charge is -2.33. The maximum Gasteiger partial charge on any atom is 0.433 e. The molecule has 0 radical (unpaired) electrons. The first-order chi connectivity index (χ1) is 13.3. The van der Waals surface area contributed by atoms with Crippen molar-refractivity contribution in [3.8, 4) is 5.88 Å². The number of likely N-dealkylation sites (tertiary alicyclic amines) is 1. The van der Waals surface area contributed by atoms with Crippen molar-refractivity contribution < 1.29 is 22.7 Å². The summed E-state index contributed by atoms with van der Waals surface area (Å²) in [5, 5.41) is 0. The van der Waals surface area contributed by atoms with Crippen LogP contribution in [0.5, 0.6) is 5.88 Å². The number of carbonyl (C=O) groups is 1. The van der Waals surface area contributed by atoms with Gasteiger partial charge in [-0.2, -0.15) is 13.2 Å². The summed E-state index contributed by atoms with van der Waals surface area (Å²) in [7, 11) is 0. The van der Waals surface area contributed by atoms with Gasteiger partial charge in [0, 0.05) is 19.2 Å². The molecule has 1 unspecified atom stereocenters. The standard InChI is InChI=1S/C20H22F3N3O2/c21-20(22,23)17-9-15(12-24)10-18(25-17)28-16-7-4-8-26(13-16)19(27)11-14-5-2-1-3-6-14/h1-3,5-6,9-10,16H,4,7-8,11-13,24H2. The van der Waals surface area contributed by atoms with Gasteiger partial charge in [-0.05, 0) is 30.0 Å². The number of pyridine rings is 1. The molecule has 150 valence electrons. The molecule has 1 fully saturated rings. The van der Waals surface area contributed by atoms with Gasteiger partial charge >= 0.3 is 6.18 Å². The number of aromatic nitrogens is 1. The molecule has 0 aliphatic carbocycles. The number of nitrogens with two attached hydrogens (primary N) is 1. The Morgan fingerprint density at radius 1 is 1.21 bits per heavy atom. The topological polar surface area (TPSA) is 68.5 Å². The predicted octanol–water partition coefficient (Wildman–Crippen LogP) is 3.17. The molecule has 5 nitrogen and oxygen atoms in total. The van der Waals surface area contributed by atoms with Crippen molar-refractivity contribution in [1.29, 1.82) is 0 Å². The Labute approximate surface area is 161 Å². The number of alkyl halides is 3. The van der Waals surface area contributed by atoms with Crippen molar-refractivity contribution in [3.05, 3.63) is 59.3 Å². The first-order valence-corrected chi connectivity index (χ1v) is 9.11. The second kappa shape index (κ2) is 8.60.